The average Bonchev–Trinajstić information content (AvgIpc) is 3.17. The third-order valence-electron chi connectivity index (χ3n) is 2.94. The summed E-state index contributed by atoms with van der Waals surface area (Å²) in [5.41, 5.74) is 2.49. The molecule has 2 heterocycles. The number of nitriles is 2. The fraction of sp³-hybridized carbons (Fsp3) is 0. The van der Waals surface area contributed by atoms with Crippen molar-refractivity contribution < 1.29 is 0 Å². The van der Waals surface area contributed by atoms with Gasteiger partial charge in [-0.05, 0) is 24.3 Å². The van der Waals surface area contributed by atoms with Gasteiger partial charge in [0.05, 0.1) is 12.4 Å². The molecule has 8 nitrogen and oxygen atoms in total. The van der Waals surface area contributed by atoms with Crippen molar-refractivity contribution in [3.05, 3.63) is 47.8 Å². The molecule has 0 saturated heterocycles. The summed E-state index contributed by atoms with van der Waals surface area (Å²) in [5.74, 6) is 1.09. The normalized spacial score (nSPS) is 9.73. The van der Waals surface area contributed by atoms with Crippen molar-refractivity contribution in [3.8, 4) is 12.1 Å². The summed E-state index contributed by atoms with van der Waals surface area (Å²) in [4.78, 5) is 0. The maximum Gasteiger partial charge on any atom is 0.144 e. The highest BCUT2D eigenvalue weighted by atomic mass is 15.2. The molecule has 1 aromatic carbocycles. The number of anilines is 4. The van der Waals surface area contributed by atoms with Gasteiger partial charge in [0, 0.05) is 11.4 Å². The van der Waals surface area contributed by atoms with Crippen molar-refractivity contribution in [1.29, 1.82) is 10.5 Å². The van der Waals surface area contributed by atoms with E-state index in [1.807, 2.05) is 36.4 Å². The minimum Gasteiger partial charge on any atom is -0.340 e. The van der Waals surface area contributed by atoms with Gasteiger partial charge in [-0.1, -0.05) is 0 Å². The quantitative estimate of drug-likeness (QED) is 0.583. The van der Waals surface area contributed by atoms with Crippen molar-refractivity contribution in [2.45, 2.75) is 0 Å². The summed E-state index contributed by atoms with van der Waals surface area (Å²) in [6, 6.07) is 11.4. The van der Waals surface area contributed by atoms with Gasteiger partial charge in [0.15, 0.2) is 0 Å². The average molecular weight is 290 g/mol. The van der Waals surface area contributed by atoms with Crippen molar-refractivity contribution >= 4 is 23.0 Å². The van der Waals surface area contributed by atoms with E-state index in [4.69, 9.17) is 10.5 Å². The minimum absolute atomic E-state index is 0.443. The largest absolute Gasteiger partial charge is 0.340 e. The lowest BCUT2D eigenvalue weighted by Crippen LogP contribution is -1.95. The van der Waals surface area contributed by atoms with Crippen molar-refractivity contribution in [3.63, 3.8) is 0 Å². The zero-order valence-corrected chi connectivity index (χ0v) is 11.3. The second kappa shape index (κ2) is 5.69. The first-order chi connectivity index (χ1) is 10.8. The molecule has 0 fully saturated rings. The topological polar surface area (TPSA) is 129 Å². The number of aromatic amines is 2. The van der Waals surface area contributed by atoms with E-state index in [1.54, 1.807) is 0 Å². The number of aromatic nitrogens is 4. The van der Waals surface area contributed by atoms with Crippen LogP contribution in [0.2, 0.25) is 0 Å². The van der Waals surface area contributed by atoms with Gasteiger partial charge in [-0.3, -0.25) is 10.2 Å². The molecule has 3 aromatic rings. The fourth-order valence-corrected chi connectivity index (χ4v) is 1.86. The number of hydrogen-bond donors (Lipinski definition) is 4. The molecule has 0 amide bonds. The van der Waals surface area contributed by atoms with Gasteiger partial charge >= 0.3 is 0 Å². The lowest BCUT2D eigenvalue weighted by Gasteiger charge is -2.07. The maximum atomic E-state index is 8.93. The van der Waals surface area contributed by atoms with E-state index in [1.165, 1.54) is 12.4 Å². The Morgan fingerprint density at radius 2 is 1.18 bits per heavy atom. The van der Waals surface area contributed by atoms with Crippen LogP contribution in [-0.2, 0) is 0 Å². The van der Waals surface area contributed by atoms with Crippen molar-refractivity contribution in [2.75, 3.05) is 10.6 Å². The minimum atomic E-state index is 0.443. The van der Waals surface area contributed by atoms with Crippen molar-refractivity contribution in [2.24, 2.45) is 0 Å². The predicted molar refractivity (Wildman–Crippen MR) is 79.6 cm³/mol. The molecule has 0 spiro atoms. The van der Waals surface area contributed by atoms with Crippen LogP contribution in [0, 0.1) is 22.7 Å². The van der Waals surface area contributed by atoms with Crippen LogP contribution in [0.25, 0.3) is 0 Å². The van der Waals surface area contributed by atoms with E-state index in [-0.39, 0.29) is 0 Å². The standard InChI is InChI=1S/C14H10N8/c15-5-9-7-17-21-13(9)19-11-1-2-12(4-3-11)20-14-10(6-16)8-18-22-14/h1-4,7-8H,(H2,17,19,21)(H2,18,20,22). The Morgan fingerprint density at radius 1 is 0.773 bits per heavy atom. The van der Waals surface area contributed by atoms with Gasteiger partial charge in [0.25, 0.3) is 0 Å². The molecule has 2 aromatic heterocycles. The van der Waals surface area contributed by atoms with Crippen LogP contribution < -0.4 is 10.6 Å². The fourth-order valence-electron chi connectivity index (χ4n) is 1.86. The van der Waals surface area contributed by atoms with Gasteiger partial charge in [-0.2, -0.15) is 20.7 Å². The third kappa shape index (κ3) is 2.57. The second-order valence-electron chi connectivity index (χ2n) is 4.37. The third-order valence-corrected chi connectivity index (χ3v) is 2.94. The number of nitrogens with one attached hydrogen (secondary N) is 4. The molecule has 0 aliphatic carbocycles. The first-order valence-corrected chi connectivity index (χ1v) is 6.31. The summed E-state index contributed by atoms with van der Waals surface area (Å²) in [5, 5.41) is 37.1. The molecule has 0 bridgehead atoms. The second-order valence-corrected chi connectivity index (χ2v) is 4.37. The number of hydrogen-bond acceptors (Lipinski definition) is 6. The zero-order chi connectivity index (χ0) is 15.4. The molecule has 0 atom stereocenters. The van der Waals surface area contributed by atoms with Gasteiger partial charge < -0.3 is 10.6 Å². The van der Waals surface area contributed by atoms with E-state index in [0.29, 0.717) is 22.8 Å². The predicted octanol–water partition coefficient (Wildman–Crippen LogP) is 2.36. The van der Waals surface area contributed by atoms with Crippen LogP contribution in [-0.4, -0.2) is 20.4 Å². The molecule has 0 radical (unpaired) electrons. The lowest BCUT2D eigenvalue weighted by atomic mass is 10.2. The number of H-pyrrole nitrogens is 2. The van der Waals surface area contributed by atoms with Crippen LogP contribution in [0.4, 0.5) is 23.0 Å². The van der Waals surface area contributed by atoms with Crippen LogP contribution in [0.3, 0.4) is 0 Å². The Kier molecular flexibility index (Phi) is 3.42. The Hall–Kier alpha value is -3.78. The molecule has 4 N–H and O–H groups in total. The Bertz CT molecular complexity index is 786. The molecule has 3 rings (SSSR count). The first-order valence-electron chi connectivity index (χ1n) is 6.31. The number of rotatable bonds is 4. The lowest BCUT2D eigenvalue weighted by molar-refractivity contribution is 1.09. The van der Waals surface area contributed by atoms with E-state index in [9.17, 15) is 0 Å². The molecule has 8 heteroatoms. The summed E-state index contributed by atoms with van der Waals surface area (Å²) in [7, 11) is 0. The highest BCUT2D eigenvalue weighted by molar-refractivity contribution is 5.67. The number of nitrogens with zero attached hydrogens (tertiary/aromatic N) is 4. The van der Waals surface area contributed by atoms with E-state index in [2.05, 4.69) is 31.0 Å². The summed E-state index contributed by atoms with van der Waals surface area (Å²) in [6.07, 6.45) is 2.92. The van der Waals surface area contributed by atoms with E-state index in [0.717, 1.165) is 11.4 Å². The summed E-state index contributed by atoms with van der Waals surface area (Å²) < 4.78 is 0. The van der Waals surface area contributed by atoms with Crippen LogP contribution in [0.5, 0.6) is 0 Å². The van der Waals surface area contributed by atoms with Gasteiger partial charge in [-0.15, -0.1) is 0 Å². The Labute approximate surface area is 125 Å². The molecule has 0 aliphatic rings. The van der Waals surface area contributed by atoms with Gasteiger partial charge in [-0.25, -0.2) is 0 Å². The van der Waals surface area contributed by atoms with Crippen LogP contribution in [0.15, 0.2) is 36.7 Å². The van der Waals surface area contributed by atoms with Crippen molar-refractivity contribution in [1.82, 2.24) is 20.4 Å². The monoisotopic (exact) mass is 290 g/mol. The summed E-state index contributed by atoms with van der Waals surface area (Å²) in [6.45, 7) is 0. The van der Waals surface area contributed by atoms with E-state index >= 15 is 0 Å². The molecule has 106 valence electrons. The zero-order valence-electron chi connectivity index (χ0n) is 11.3. The van der Waals surface area contributed by atoms with Gasteiger partial charge in [0.2, 0.25) is 0 Å². The molecule has 0 saturated carbocycles. The van der Waals surface area contributed by atoms with E-state index < -0.39 is 0 Å². The Balaban J connectivity index is 1.74. The molecule has 0 unspecified atom stereocenters. The molecular weight excluding hydrogens is 280 g/mol. The molecule has 0 aliphatic heterocycles. The maximum absolute atomic E-state index is 8.93. The van der Waals surface area contributed by atoms with Crippen LogP contribution >= 0.6 is 0 Å². The molecular formula is C14H10N8. The SMILES string of the molecule is N#Cc1cn[nH]c1Nc1ccc(Nc2[nH]ncc2C#N)cc1. The van der Waals surface area contributed by atoms with Crippen LogP contribution in [0.1, 0.15) is 11.1 Å². The number of benzene rings is 1. The molecule has 22 heavy (non-hydrogen) atoms. The first kappa shape index (κ1) is 13.2. The smallest absolute Gasteiger partial charge is 0.144 e. The highest BCUT2D eigenvalue weighted by Crippen LogP contribution is 2.22. The Morgan fingerprint density at radius 3 is 1.55 bits per heavy atom. The van der Waals surface area contributed by atoms with Gasteiger partial charge in [0.1, 0.15) is 34.9 Å². The highest BCUT2D eigenvalue weighted by Gasteiger charge is 2.06. The summed E-state index contributed by atoms with van der Waals surface area (Å²) >= 11 is 0.